The second-order valence-electron chi connectivity index (χ2n) is 8.65. The molecule has 1 aliphatic rings. The van der Waals surface area contributed by atoms with Gasteiger partial charge in [-0.2, -0.15) is 10.2 Å². The number of hydrogen-bond acceptors (Lipinski definition) is 7. The Morgan fingerprint density at radius 1 is 1.14 bits per heavy atom. The van der Waals surface area contributed by atoms with Crippen molar-refractivity contribution in [1.82, 2.24) is 39.4 Å². The van der Waals surface area contributed by atoms with Gasteiger partial charge < -0.3 is 4.90 Å². The van der Waals surface area contributed by atoms with Crippen molar-refractivity contribution in [3.05, 3.63) is 41.7 Å². The molecule has 1 fully saturated rings. The summed E-state index contributed by atoms with van der Waals surface area (Å²) >= 11 is 1.24. The molecule has 1 saturated heterocycles. The highest BCUT2D eigenvalue weighted by molar-refractivity contribution is 7.20. The standard InChI is InChI=1S/C23H20F2N8OS/c1-31-12-14-9-13(11-26-19(14)30-31)20-28-18(16-3-6-27-32(16)2)15-10-17(35-21(15)29-20)22(34)33-7-4-23(24,25)5-8-33/h3,6,9-12H,4-5,7-8H2,1-2H3. The highest BCUT2D eigenvalue weighted by Crippen LogP contribution is 2.35. The first-order valence-corrected chi connectivity index (χ1v) is 11.9. The highest BCUT2D eigenvalue weighted by Gasteiger charge is 2.36. The van der Waals surface area contributed by atoms with Crippen LogP contribution in [0.3, 0.4) is 0 Å². The minimum atomic E-state index is -2.71. The predicted molar refractivity (Wildman–Crippen MR) is 127 cm³/mol. The maximum atomic E-state index is 13.6. The van der Waals surface area contributed by atoms with E-state index in [1.807, 2.05) is 32.4 Å². The monoisotopic (exact) mass is 494 g/mol. The summed E-state index contributed by atoms with van der Waals surface area (Å²) in [6.45, 7) is 0.0603. The van der Waals surface area contributed by atoms with Crippen LogP contribution in [0.5, 0.6) is 0 Å². The van der Waals surface area contributed by atoms with Gasteiger partial charge in [0, 0.05) is 75.0 Å². The Balaban J connectivity index is 1.46. The van der Waals surface area contributed by atoms with Gasteiger partial charge in [0.25, 0.3) is 11.8 Å². The van der Waals surface area contributed by atoms with E-state index in [1.165, 1.54) is 16.2 Å². The minimum Gasteiger partial charge on any atom is -0.338 e. The first kappa shape index (κ1) is 21.7. The summed E-state index contributed by atoms with van der Waals surface area (Å²) < 4.78 is 30.6. The number of aryl methyl sites for hydroxylation is 2. The summed E-state index contributed by atoms with van der Waals surface area (Å²) in [5, 5.41) is 10.1. The van der Waals surface area contributed by atoms with E-state index in [-0.39, 0.29) is 31.8 Å². The van der Waals surface area contributed by atoms with Crippen LogP contribution in [-0.2, 0) is 14.1 Å². The molecular weight excluding hydrogens is 474 g/mol. The summed E-state index contributed by atoms with van der Waals surface area (Å²) in [5.41, 5.74) is 2.75. The Morgan fingerprint density at radius 2 is 1.94 bits per heavy atom. The van der Waals surface area contributed by atoms with E-state index in [9.17, 15) is 13.6 Å². The van der Waals surface area contributed by atoms with Crippen molar-refractivity contribution in [1.29, 1.82) is 0 Å². The van der Waals surface area contributed by atoms with Gasteiger partial charge in [-0.15, -0.1) is 11.3 Å². The number of carbonyl (C=O) groups is 1. The molecule has 0 bridgehead atoms. The molecule has 178 valence electrons. The van der Waals surface area contributed by atoms with Crippen molar-refractivity contribution in [2.75, 3.05) is 13.1 Å². The molecule has 6 rings (SSSR count). The van der Waals surface area contributed by atoms with Crippen molar-refractivity contribution in [2.45, 2.75) is 18.8 Å². The number of carbonyl (C=O) groups excluding carboxylic acids is 1. The Morgan fingerprint density at radius 3 is 2.69 bits per heavy atom. The van der Waals surface area contributed by atoms with E-state index >= 15 is 0 Å². The molecule has 0 aromatic carbocycles. The number of nitrogens with zero attached hydrogens (tertiary/aromatic N) is 8. The van der Waals surface area contributed by atoms with Crippen LogP contribution in [-0.4, -0.2) is 64.3 Å². The van der Waals surface area contributed by atoms with Crippen LogP contribution in [0.15, 0.2) is 36.8 Å². The molecule has 0 unspecified atom stereocenters. The van der Waals surface area contributed by atoms with Gasteiger partial charge in [-0.25, -0.2) is 23.7 Å². The SMILES string of the molecule is Cn1cc2cc(-c3nc(-c4ccnn4C)c4cc(C(=O)N5CCC(F)(F)CC5)sc4n3)cnc2n1. The van der Waals surface area contributed by atoms with Crippen molar-refractivity contribution in [3.63, 3.8) is 0 Å². The van der Waals surface area contributed by atoms with Crippen molar-refractivity contribution in [2.24, 2.45) is 14.1 Å². The Labute approximate surface area is 202 Å². The van der Waals surface area contributed by atoms with E-state index < -0.39 is 5.92 Å². The van der Waals surface area contributed by atoms with E-state index in [1.54, 1.807) is 27.8 Å². The van der Waals surface area contributed by atoms with Crippen LogP contribution in [0.1, 0.15) is 22.5 Å². The summed E-state index contributed by atoms with van der Waals surface area (Å²) in [6.07, 6.45) is 4.58. The van der Waals surface area contributed by atoms with Crippen LogP contribution >= 0.6 is 11.3 Å². The lowest BCUT2D eigenvalue weighted by molar-refractivity contribution is -0.0493. The number of halogens is 2. The molecule has 0 radical (unpaired) electrons. The van der Waals surface area contributed by atoms with Gasteiger partial charge >= 0.3 is 0 Å². The second kappa shape index (κ2) is 7.87. The quantitative estimate of drug-likeness (QED) is 0.378. The Bertz CT molecular complexity index is 1590. The van der Waals surface area contributed by atoms with Crippen LogP contribution in [0.4, 0.5) is 8.78 Å². The molecule has 0 N–H and O–H groups in total. The number of hydrogen-bond donors (Lipinski definition) is 0. The molecule has 1 aliphatic heterocycles. The van der Waals surface area contributed by atoms with Crippen LogP contribution in [0, 0.1) is 0 Å². The van der Waals surface area contributed by atoms with Crippen molar-refractivity contribution >= 4 is 38.5 Å². The lowest BCUT2D eigenvalue weighted by atomic mass is 10.1. The smallest absolute Gasteiger partial charge is 0.264 e. The molecule has 6 heterocycles. The molecular formula is C23H20F2N8OS. The number of pyridine rings is 1. The van der Waals surface area contributed by atoms with E-state index in [2.05, 4.69) is 15.2 Å². The first-order chi connectivity index (χ1) is 16.8. The topological polar surface area (TPSA) is 94.6 Å². The highest BCUT2D eigenvalue weighted by atomic mass is 32.1. The zero-order valence-corrected chi connectivity index (χ0v) is 19.8. The normalized spacial score (nSPS) is 15.8. The summed E-state index contributed by atoms with van der Waals surface area (Å²) in [5.74, 6) is -2.52. The molecule has 12 heteroatoms. The third-order valence-electron chi connectivity index (χ3n) is 6.18. The zero-order chi connectivity index (χ0) is 24.3. The van der Waals surface area contributed by atoms with E-state index in [0.717, 1.165) is 16.6 Å². The molecule has 9 nitrogen and oxygen atoms in total. The molecule has 0 spiro atoms. The molecule has 5 aromatic heterocycles. The number of rotatable bonds is 3. The number of fused-ring (bicyclic) bond motifs is 2. The maximum Gasteiger partial charge on any atom is 0.264 e. The van der Waals surface area contributed by atoms with Gasteiger partial charge in [0.2, 0.25) is 0 Å². The van der Waals surface area contributed by atoms with Crippen molar-refractivity contribution in [3.8, 4) is 22.8 Å². The molecule has 5 aromatic rings. The Hall–Kier alpha value is -3.80. The van der Waals surface area contributed by atoms with Gasteiger partial charge in [0.15, 0.2) is 11.5 Å². The lowest BCUT2D eigenvalue weighted by Crippen LogP contribution is -2.42. The number of aromatic nitrogens is 7. The average Bonchev–Trinajstić information content (AvgIpc) is 3.54. The summed E-state index contributed by atoms with van der Waals surface area (Å²) in [4.78, 5) is 29.7. The number of piperidine rings is 1. The molecule has 0 saturated carbocycles. The Kier molecular flexibility index (Phi) is 4.88. The fourth-order valence-electron chi connectivity index (χ4n) is 4.31. The maximum absolute atomic E-state index is 13.6. The number of alkyl halides is 2. The molecule has 0 aliphatic carbocycles. The van der Waals surface area contributed by atoms with Crippen LogP contribution in [0.25, 0.3) is 44.0 Å². The van der Waals surface area contributed by atoms with Gasteiger partial charge in [0.1, 0.15) is 10.5 Å². The minimum absolute atomic E-state index is 0.0301. The molecule has 35 heavy (non-hydrogen) atoms. The van der Waals surface area contributed by atoms with Gasteiger partial charge in [-0.3, -0.25) is 14.2 Å². The number of thiophene rings is 1. The number of amides is 1. The predicted octanol–water partition coefficient (Wildman–Crippen LogP) is 3.91. The number of likely N-dealkylation sites (tertiary alicyclic amines) is 1. The van der Waals surface area contributed by atoms with Gasteiger partial charge in [0.05, 0.1) is 10.6 Å². The summed E-state index contributed by atoms with van der Waals surface area (Å²) in [6, 6.07) is 5.53. The molecule has 0 atom stereocenters. The second-order valence-corrected chi connectivity index (χ2v) is 9.68. The van der Waals surface area contributed by atoms with Crippen LogP contribution in [0.2, 0.25) is 0 Å². The fraction of sp³-hybridized carbons (Fsp3) is 0.304. The lowest BCUT2D eigenvalue weighted by Gasteiger charge is -2.31. The third kappa shape index (κ3) is 3.83. The van der Waals surface area contributed by atoms with E-state index in [0.29, 0.717) is 32.3 Å². The molecule has 1 amide bonds. The van der Waals surface area contributed by atoms with E-state index in [4.69, 9.17) is 9.97 Å². The van der Waals surface area contributed by atoms with Crippen LogP contribution < -0.4 is 0 Å². The van der Waals surface area contributed by atoms with Crippen molar-refractivity contribution < 1.29 is 13.6 Å². The average molecular weight is 495 g/mol. The third-order valence-corrected chi connectivity index (χ3v) is 7.20. The largest absolute Gasteiger partial charge is 0.338 e. The van der Waals surface area contributed by atoms with Gasteiger partial charge in [-0.05, 0) is 18.2 Å². The first-order valence-electron chi connectivity index (χ1n) is 11.0. The fourth-order valence-corrected chi connectivity index (χ4v) is 5.30. The van der Waals surface area contributed by atoms with Gasteiger partial charge in [-0.1, -0.05) is 0 Å². The zero-order valence-electron chi connectivity index (χ0n) is 18.9. The summed E-state index contributed by atoms with van der Waals surface area (Å²) in [7, 11) is 3.65.